The summed E-state index contributed by atoms with van der Waals surface area (Å²) in [7, 11) is 0. The van der Waals surface area contributed by atoms with Crippen LogP contribution in [0.5, 0.6) is 5.75 Å². The van der Waals surface area contributed by atoms with E-state index in [4.69, 9.17) is 21.7 Å². The number of esters is 1. The van der Waals surface area contributed by atoms with E-state index >= 15 is 0 Å². The lowest BCUT2D eigenvalue weighted by Crippen LogP contribution is -2.45. The maximum atomic E-state index is 12.7. The Morgan fingerprint density at radius 2 is 1.88 bits per heavy atom. The van der Waals surface area contributed by atoms with Gasteiger partial charge >= 0.3 is 5.97 Å². The molecule has 1 atom stereocenters. The van der Waals surface area contributed by atoms with Gasteiger partial charge in [-0.15, -0.1) is 0 Å². The van der Waals surface area contributed by atoms with Crippen molar-refractivity contribution in [2.45, 2.75) is 40.7 Å². The van der Waals surface area contributed by atoms with Crippen molar-refractivity contribution >= 4 is 35.4 Å². The molecule has 0 saturated heterocycles. The third kappa shape index (κ3) is 6.40. The maximum absolute atomic E-state index is 12.7. The van der Waals surface area contributed by atoms with Crippen LogP contribution in [0.3, 0.4) is 0 Å². The lowest BCUT2D eigenvalue weighted by atomic mass is 9.95. The van der Waals surface area contributed by atoms with Crippen LogP contribution in [0.4, 0.5) is 0 Å². The zero-order valence-corrected chi connectivity index (χ0v) is 24.0. The number of aromatic nitrogens is 1. The third-order valence-electron chi connectivity index (χ3n) is 6.48. The second-order valence-electron chi connectivity index (χ2n) is 9.41. The van der Waals surface area contributed by atoms with Crippen LogP contribution in [-0.4, -0.2) is 41.0 Å². The van der Waals surface area contributed by atoms with Crippen LogP contribution in [0.15, 0.2) is 71.0 Å². The molecular weight excluding hydrogens is 526 g/mol. The number of aryl methyl sites for hydroxylation is 2. The van der Waals surface area contributed by atoms with Gasteiger partial charge in [0.25, 0.3) is 5.91 Å². The lowest BCUT2D eigenvalue weighted by molar-refractivity contribution is -0.139. The Morgan fingerprint density at radius 1 is 1.10 bits per heavy atom. The summed E-state index contributed by atoms with van der Waals surface area (Å²) in [5.41, 5.74) is 9.39. The van der Waals surface area contributed by atoms with E-state index in [-0.39, 0.29) is 13.2 Å². The Labute approximate surface area is 239 Å². The topological polar surface area (TPSA) is 106 Å². The van der Waals surface area contributed by atoms with E-state index in [0.717, 1.165) is 22.6 Å². The molecular formula is C30H33N5O4S. The highest BCUT2D eigenvalue weighted by Gasteiger charge is 2.32. The molecule has 1 aromatic heterocycles. The molecule has 1 amide bonds. The van der Waals surface area contributed by atoms with Gasteiger partial charge in [-0.25, -0.2) is 10.2 Å². The number of nitrogens with zero attached hydrogens (tertiary/aromatic N) is 2. The van der Waals surface area contributed by atoms with Gasteiger partial charge < -0.3 is 24.7 Å². The van der Waals surface area contributed by atoms with Crippen molar-refractivity contribution < 1.29 is 19.1 Å². The number of ether oxygens (including phenoxy) is 2. The van der Waals surface area contributed by atoms with Crippen LogP contribution in [0.25, 0.3) is 5.69 Å². The first kappa shape index (κ1) is 28.6. The Hall–Kier alpha value is -4.44. The van der Waals surface area contributed by atoms with Gasteiger partial charge in [0.05, 0.1) is 24.4 Å². The molecule has 0 unspecified atom stereocenters. The third-order valence-corrected chi connectivity index (χ3v) is 6.70. The first-order valence-electron chi connectivity index (χ1n) is 12.9. The van der Waals surface area contributed by atoms with Gasteiger partial charge in [-0.05, 0) is 76.7 Å². The molecule has 0 radical (unpaired) electrons. The number of hydrogen-bond acceptors (Lipinski definition) is 6. The molecule has 10 heteroatoms. The predicted molar refractivity (Wildman–Crippen MR) is 159 cm³/mol. The zero-order valence-electron chi connectivity index (χ0n) is 23.2. The van der Waals surface area contributed by atoms with Crippen LogP contribution >= 0.6 is 12.2 Å². The van der Waals surface area contributed by atoms with Crippen molar-refractivity contribution in [3.63, 3.8) is 0 Å². The van der Waals surface area contributed by atoms with Gasteiger partial charge in [0.2, 0.25) is 0 Å². The number of rotatable bonds is 9. The molecule has 0 saturated carbocycles. The molecule has 1 aliphatic rings. The van der Waals surface area contributed by atoms with Crippen LogP contribution in [0.2, 0.25) is 0 Å². The first-order chi connectivity index (χ1) is 19.2. The van der Waals surface area contributed by atoms with Crippen molar-refractivity contribution in [2.75, 3.05) is 13.2 Å². The summed E-state index contributed by atoms with van der Waals surface area (Å²) in [5, 5.41) is 10.6. The molecule has 0 spiro atoms. The van der Waals surface area contributed by atoms with E-state index < -0.39 is 17.9 Å². The quantitative estimate of drug-likeness (QED) is 0.155. The Kier molecular flexibility index (Phi) is 9.00. The predicted octanol–water partition coefficient (Wildman–Crippen LogP) is 4.29. The van der Waals surface area contributed by atoms with E-state index in [1.54, 1.807) is 32.2 Å². The second kappa shape index (κ2) is 12.6. The van der Waals surface area contributed by atoms with E-state index in [0.29, 0.717) is 27.7 Å². The first-order valence-corrected chi connectivity index (χ1v) is 13.4. The Balaban J connectivity index is 1.44. The summed E-state index contributed by atoms with van der Waals surface area (Å²) in [4.78, 5) is 25.3. The number of carbonyl (C=O) groups excluding carboxylic acids is 2. The summed E-state index contributed by atoms with van der Waals surface area (Å²) in [6, 6.07) is 16.8. The SMILES string of the molecule is CCOC(=O)C1=C(C)NC(=S)N[C@@H]1c1ccccc1OCC(=O)NN=Cc1cc(C)n(-c2cccc(C)c2)c1C. The number of nitrogens with one attached hydrogen (secondary N) is 3. The standard InChI is InChI=1S/C30H33N5O4S/c1-6-38-29(37)27-20(4)32-30(40)33-28(27)24-12-7-8-13-25(24)39-17-26(36)34-31-16-22-15-19(3)35(21(22)5)23-11-9-10-18(2)14-23/h7-16,28H,6,17H2,1-5H3,(H,34,36)(H2,32,33,40)/t28-/m1/s1. The van der Waals surface area contributed by atoms with E-state index in [1.165, 1.54) is 5.56 Å². The minimum atomic E-state index is -0.603. The molecule has 0 bridgehead atoms. The fourth-order valence-electron chi connectivity index (χ4n) is 4.69. The van der Waals surface area contributed by atoms with Crippen molar-refractivity contribution in [2.24, 2.45) is 5.10 Å². The summed E-state index contributed by atoms with van der Waals surface area (Å²) in [6.45, 7) is 9.58. The van der Waals surface area contributed by atoms with Crippen molar-refractivity contribution in [1.82, 2.24) is 20.6 Å². The average molecular weight is 560 g/mol. The number of hydrazone groups is 1. The van der Waals surface area contributed by atoms with Gasteiger partial charge in [-0.1, -0.05) is 30.3 Å². The van der Waals surface area contributed by atoms with Gasteiger partial charge in [-0.3, -0.25) is 4.79 Å². The molecule has 1 aliphatic heterocycles. The Bertz CT molecular complexity index is 1510. The van der Waals surface area contributed by atoms with Crippen LogP contribution in [0, 0.1) is 20.8 Å². The summed E-state index contributed by atoms with van der Waals surface area (Å²) >= 11 is 5.32. The van der Waals surface area contributed by atoms with Gasteiger partial charge in [0.15, 0.2) is 11.7 Å². The Morgan fingerprint density at radius 3 is 2.62 bits per heavy atom. The number of benzene rings is 2. The normalized spacial score (nSPS) is 15.0. The van der Waals surface area contributed by atoms with Gasteiger partial charge in [0, 0.05) is 33.9 Å². The molecule has 0 fully saturated rings. The molecule has 4 rings (SSSR count). The van der Waals surface area contributed by atoms with E-state index in [1.807, 2.05) is 38.1 Å². The average Bonchev–Trinajstić information content (AvgIpc) is 3.19. The smallest absolute Gasteiger partial charge is 0.338 e. The van der Waals surface area contributed by atoms with E-state index in [9.17, 15) is 9.59 Å². The van der Waals surface area contributed by atoms with Crippen molar-refractivity contribution in [3.05, 3.63) is 93.9 Å². The van der Waals surface area contributed by atoms with Gasteiger partial charge in [0.1, 0.15) is 5.75 Å². The molecule has 40 heavy (non-hydrogen) atoms. The molecule has 3 aromatic rings. The number of para-hydroxylation sites is 1. The van der Waals surface area contributed by atoms with Crippen molar-refractivity contribution in [1.29, 1.82) is 0 Å². The molecule has 2 aromatic carbocycles. The second-order valence-corrected chi connectivity index (χ2v) is 9.82. The fourth-order valence-corrected chi connectivity index (χ4v) is 4.96. The molecule has 2 heterocycles. The number of carbonyl (C=O) groups is 2. The highest BCUT2D eigenvalue weighted by Crippen LogP contribution is 2.33. The minimum absolute atomic E-state index is 0.237. The van der Waals surface area contributed by atoms with E-state index in [2.05, 4.69) is 50.9 Å². The highest BCUT2D eigenvalue weighted by molar-refractivity contribution is 7.80. The maximum Gasteiger partial charge on any atom is 0.338 e. The fraction of sp³-hybridized carbons (Fsp3) is 0.267. The number of hydrogen-bond donors (Lipinski definition) is 3. The zero-order chi connectivity index (χ0) is 28.8. The van der Waals surface area contributed by atoms with Crippen LogP contribution in [-0.2, 0) is 14.3 Å². The molecule has 208 valence electrons. The molecule has 3 N–H and O–H groups in total. The number of amides is 1. The summed E-state index contributed by atoms with van der Waals surface area (Å²) in [6.07, 6.45) is 1.62. The molecule has 0 aliphatic carbocycles. The van der Waals surface area contributed by atoms with Crippen LogP contribution in [0.1, 0.15) is 48.0 Å². The van der Waals surface area contributed by atoms with Crippen molar-refractivity contribution in [3.8, 4) is 11.4 Å². The minimum Gasteiger partial charge on any atom is -0.483 e. The number of allylic oxidation sites excluding steroid dienone is 1. The highest BCUT2D eigenvalue weighted by atomic mass is 32.1. The largest absolute Gasteiger partial charge is 0.483 e. The van der Waals surface area contributed by atoms with Gasteiger partial charge in [-0.2, -0.15) is 5.10 Å². The number of thiocarbonyl (C=S) groups is 1. The summed E-state index contributed by atoms with van der Waals surface area (Å²) in [5.74, 6) is -0.457. The molecule has 9 nitrogen and oxygen atoms in total. The van der Waals surface area contributed by atoms with Crippen LogP contribution < -0.4 is 20.8 Å². The summed E-state index contributed by atoms with van der Waals surface area (Å²) < 4.78 is 13.3. The monoisotopic (exact) mass is 559 g/mol. The lowest BCUT2D eigenvalue weighted by Gasteiger charge is -2.30.